The van der Waals surface area contributed by atoms with Crippen LogP contribution in [0.4, 0.5) is 0 Å². The first-order valence-corrected chi connectivity index (χ1v) is 4.95. The molecule has 0 bridgehead atoms. The summed E-state index contributed by atoms with van der Waals surface area (Å²) in [5.74, 6) is 1.27. The Morgan fingerprint density at radius 2 is 2.00 bits per heavy atom. The van der Waals surface area contributed by atoms with Gasteiger partial charge < -0.3 is 14.6 Å². The molecule has 3 nitrogen and oxygen atoms in total. The fourth-order valence-corrected chi connectivity index (χ4v) is 1.87. The third kappa shape index (κ3) is 1.86. The van der Waals surface area contributed by atoms with Crippen molar-refractivity contribution >= 4 is 15.9 Å². The van der Waals surface area contributed by atoms with Crippen LogP contribution in [0.25, 0.3) is 0 Å². The fraction of sp³-hybridized carbons (Fsp3) is 0.400. The lowest BCUT2D eigenvalue weighted by Gasteiger charge is -2.14. The monoisotopic (exact) mass is 260 g/mol. The summed E-state index contributed by atoms with van der Waals surface area (Å²) in [4.78, 5) is 0. The molecule has 0 atom stereocenters. The number of aliphatic hydroxyl groups excluding tert-OH is 1. The fourth-order valence-electron chi connectivity index (χ4n) is 1.26. The number of hydrogen-bond donors (Lipinski definition) is 1. The quantitative estimate of drug-likeness (QED) is 0.907. The van der Waals surface area contributed by atoms with Crippen LogP contribution in [0.5, 0.6) is 11.5 Å². The second-order valence-electron chi connectivity index (χ2n) is 2.87. The van der Waals surface area contributed by atoms with Gasteiger partial charge in [0.05, 0.1) is 25.3 Å². The molecule has 1 rings (SSSR count). The first kappa shape index (κ1) is 11.3. The van der Waals surface area contributed by atoms with E-state index in [-0.39, 0.29) is 6.61 Å². The zero-order chi connectivity index (χ0) is 10.7. The number of aliphatic hydroxyl groups is 1. The molecule has 1 aromatic rings. The van der Waals surface area contributed by atoms with E-state index in [0.29, 0.717) is 11.5 Å². The summed E-state index contributed by atoms with van der Waals surface area (Å²) in [6.45, 7) is 1.91. The van der Waals surface area contributed by atoms with Crippen LogP contribution < -0.4 is 9.47 Å². The second-order valence-corrected chi connectivity index (χ2v) is 3.66. The Morgan fingerprint density at radius 3 is 2.43 bits per heavy atom. The molecule has 0 amide bonds. The van der Waals surface area contributed by atoms with Crippen molar-refractivity contribution in [3.8, 4) is 11.5 Å². The topological polar surface area (TPSA) is 38.7 Å². The Balaban J connectivity index is 3.38. The molecule has 0 heterocycles. The predicted molar refractivity (Wildman–Crippen MR) is 57.9 cm³/mol. The van der Waals surface area contributed by atoms with E-state index >= 15 is 0 Å². The van der Waals surface area contributed by atoms with Crippen molar-refractivity contribution in [1.82, 2.24) is 0 Å². The third-order valence-electron chi connectivity index (χ3n) is 2.13. The van der Waals surface area contributed by atoms with Crippen LogP contribution in [0.2, 0.25) is 0 Å². The highest BCUT2D eigenvalue weighted by Crippen LogP contribution is 2.39. The lowest BCUT2D eigenvalue weighted by molar-refractivity contribution is 0.279. The van der Waals surface area contributed by atoms with Crippen LogP contribution in [-0.2, 0) is 6.61 Å². The second kappa shape index (κ2) is 4.66. The van der Waals surface area contributed by atoms with Crippen molar-refractivity contribution in [3.05, 3.63) is 21.7 Å². The number of benzene rings is 1. The van der Waals surface area contributed by atoms with E-state index in [9.17, 15) is 0 Å². The molecule has 0 aliphatic rings. The van der Waals surface area contributed by atoms with Gasteiger partial charge in [-0.05, 0) is 40.0 Å². The van der Waals surface area contributed by atoms with Gasteiger partial charge >= 0.3 is 0 Å². The zero-order valence-electron chi connectivity index (χ0n) is 8.43. The summed E-state index contributed by atoms with van der Waals surface area (Å²) in [5.41, 5.74) is 1.79. The number of halogens is 1. The molecule has 0 radical (unpaired) electrons. The van der Waals surface area contributed by atoms with E-state index in [1.807, 2.05) is 6.92 Å². The van der Waals surface area contributed by atoms with E-state index < -0.39 is 0 Å². The van der Waals surface area contributed by atoms with Gasteiger partial charge in [0, 0.05) is 0 Å². The minimum Gasteiger partial charge on any atom is -0.493 e. The molecule has 4 heteroatoms. The molecule has 0 spiro atoms. The van der Waals surface area contributed by atoms with E-state index in [2.05, 4.69) is 15.9 Å². The van der Waals surface area contributed by atoms with Crippen LogP contribution in [0, 0.1) is 6.92 Å². The third-order valence-corrected chi connectivity index (χ3v) is 3.09. The lowest BCUT2D eigenvalue weighted by atomic mass is 10.1. The van der Waals surface area contributed by atoms with Gasteiger partial charge in [-0.3, -0.25) is 0 Å². The average molecular weight is 261 g/mol. The van der Waals surface area contributed by atoms with E-state index in [4.69, 9.17) is 14.6 Å². The average Bonchev–Trinajstić information content (AvgIpc) is 2.21. The number of hydrogen-bond acceptors (Lipinski definition) is 3. The van der Waals surface area contributed by atoms with Gasteiger partial charge in [-0.2, -0.15) is 0 Å². The van der Waals surface area contributed by atoms with E-state index in [1.54, 1.807) is 20.3 Å². The molecule has 0 saturated heterocycles. The van der Waals surface area contributed by atoms with Crippen molar-refractivity contribution in [2.24, 2.45) is 0 Å². The van der Waals surface area contributed by atoms with Gasteiger partial charge in [0.1, 0.15) is 0 Å². The first-order valence-electron chi connectivity index (χ1n) is 4.16. The molecule has 78 valence electrons. The van der Waals surface area contributed by atoms with Gasteiger partial charge in [-0.25, -0.2) is 0 Å². The van der Waals surface area contributed by atoms with E-state index in [1.165, 1.54) is 0 Å². The standard InChI is InChI=1S/C10H13BrO3/c1-6-7(5-12)4-8(13-2)10(14-3)9(6)11/h4,12H,5H2,1-3H3. The van der Waals surface area contributed by atoms with Crippen molar-refractivity contribution in [2.45, 2.75) is 13.5 Å². The Labute approximate surface area is 91.8 Å². The summed E-state index contributed by atoms with van der Waals surface area (Å²) in [7, 11) is 3.15. The normalized spacial score (nSPS) is 10.1. The molecule has 0 unspecified atom stereocenters. The SMILES string of the molecule is COc1cc(CO)c(C)c(Br)c1OC. The Bertz CT molecular complexity index is 337. The molecular weight excluding hydrogens is 248 g/mol. The molecule has 1 aromatic carbocycles. The van der Waals surface area contributed by atoms with Gasteiger partial charge in [0.25, 0.3) is 0 Å². The molecule has 0 saturated carbocycles. The number of methoxy groups -OCH3 is 2. The van der Waals surface area contributed by atoms with Gasteiger partial charge in [-0.15, -0.1) is 0 Å². The van der Waals surface area contributed by atoms with Crippen LogP contribution in [0.15, 0.2) is 10.5 Å². The molecule has 0 fully saturated rings. The summed E-state index contributed by atoms with van der Waals surface area (Å²) in [6, 6.07) is 1.78. The van der Waals surface area contributed by atoms with Crippen molar-refractivity contribution in [3.63, 3.8) is 0 Å². The summed E-state index contributed by atoms with van der Waals surface area (Å²) in [5, 5.41) is 9.11. The minimum atomic E-state index is -0.00914. The molecular formula is C10H13BrO3. The summed E-state index contributed by atoms with van der Waals surface area (Å²) < 4.78 is 11.2. The predicted octanol–water partition coefficient (Wildman–Crippen LogP) is 2.27. The highest BCUT2D eigenvalue weighted by atomic mass is 79.9. The maximum Gasteiger partial charge on any atom is 0.175 e. The molecule has 0 aliphatic carbocycles. The van der Waals surface area contributed by atoms with Gasteiger partial charge in [0.2, 0.25) is 0 Å². The minimum absolute atomic E-state index is 0.00914. The first-order chi connectivity index (χ1) is 6.65. The highest BCUT2D eigenvalue weighted by Gasteiger charge is 2.14. The maximum absolute atomic E-state index is 9.11. The molecule has 0 aromatic heterocycles. The Kier molecular flexibility index (Phi) is 3.77. The summed E-state index contributed by atoms with van der Waals surface area (Å²) >= 11 is 3.41. The van der Waals surface area contributed by atoms with Crippen LogP contribution in [-0.4, -0.2) is 19.3 Å². The van der Waals surface area contributed by atoms with Crippen molar-refractivity contribution in [2.75, 3.05) is 14.2 Å². The lowest BCUT2D eigenvalue weighted by Crippen LogP contribution is -1.97. The Hall–Kier alpha value is -0.740. The summed E-state index contributed by atoms with van der Waals surface area (Å²) in [6.07, 6.45) is 0. The smallest absolute Gasteiger partial charge is 0.175 e. The molecule has 1 N–H and O–H groups in total. The van der Waals surface area contributed by atoms with Crippen molar-refractivity contribution < 1.29 is 14.6 Å². The van der Waals surface area contributed by atoms with Crippen LogP contribution in [0.1, 0.15) is 11.1 Å². The number of ether oxygens (including phenoxy) is 2. The molecule has 0 aliphatic heterocycles. The van der Waals surface area contributed by atoms with Crippen molar-refractivity contribution in [1.29, 1.82) is 0 Å². The Morgan fingerprint density at radius 1 is 1.36 bits per heavy atom. The highest BCUT2D eigenvalue weighted by molar-refractivity contribution is 9.10. The van der Waals surface area contributed by atoms with Gasteiger partial charge in [-0.1, -0.05) is 0 Å². The van der Waals surface area contributed by atoms with Gasteiger partial charge in [0.15, 0.2) is 11.5 Å². The van der Waals surface area contributed by atoms with E-state index in [0.717, 1.165) is 15.6 Å². The maximum atomic E-state index is 9.11. The number of rotatable bonds is 3. The zero-order valence-corrected chi connectivity index (χ0v) is 10.0. The largest absolute Gasteiger partial charge is 0.493 e. The van der Waals surface area contributed by atoms with Crippen LogP contribution >= 0.6 is 15.9 Å². The molecule has 14 heavy (non-hydrogen) atoms. The van der Waals surface area contributed by atoms with Crippen LogP contribution in [0.3, 0.4) is 0 Å².